The van der Waals surface area contributed by atoms with Crippen LogP contribution >= 0.6 is 15.9 Å². The molecule has 2 aromatic heterocycles. The number of ether oxygens (including phenoxy) is 2. The molecule has 0 unspecified atom stereocenters. The topological polar surface area (TPSA) is 129 Å². The third-order valence-corrected chi connectivity index (χ3v) is 8.87. The first-order valence-electron chi connectivity index (χ1n) is 15.5. The Balaban J connectivity index is 0.000000170. The second-order valence-corrected chi connectivity index (χ2v) is 13.4. The third kappa shape index (κ3) is 5.89. The van der Waals surface area contributed by atoms with Gasteiger partial charge in [-0.1, -0.05) is 6.07 Å². The van der Waals surface area contributed by atoms with Crippen molar-refractivity contribution in [2.24, 2.45) is 0 Å². The normalized spacial score (nSPS) is 16.4. The van der Waals surface area contributed by atoms with E-state index in [0.29, 0.717) is 23.5 Å². The number of aromatic nitrogens is 4. The lowest BCUT2D eigenvalue weighted by Crippen LogP contribution is -2.31. The fourth-order valence-corrected chi connectivity index (χ4v) is 6.73. The van der Waals surface area contributed by atoms with E-state index in [1.165, 1.54) is 29.4 Å². The summed E-state index contributed by atoms with van der Waals surface area (Å²) >= 11 is 3.51. The van der Waals surface area contributed by atoms with Gasteiger partial charge in [-0.25, -0.2) is 23.9 Å². The number of hydrogen-bond donors (Lipinski definition) is 0. The molecule has 5 heterocycles. The summed E-state index contributed by atoms with van der Waals surface area (Å²) in [4.78, 5) is 62.0. The van der Waals surface area contributed by atoms with Crippen molar-refractivity contribution in [3.63, 3.8) is 0 Å². The highest BCUT2D eigenvalue weighted by molar-refractivity contribution is 9.10. The lowest BCUT2D eigenvalue weighted by atomic mass is 10.1. The lowest BCUT2D eigenvalue weighted by molar-refractivity contribution is 0.00592. The van der Waals surface area contributed by atoms with Crippen LogP contribution in [0, 0.1) is 5.82 Å². The second-order valence-electron chi connectivity index (χ2n) is 12.6. The van der Waals surface area contributed by atoms with Crippen molar-refractivity contribution in [3.05, 3.63) is 93.2 Å². The summed E-state index contributed by atoms with van der Waals surface area (Å²) in [7, 11) is 1.59. The Labute approximate surface area is 284 Å². The van der Waals surface area contributed by atoms with Gasteiger partial charge >= 0.3 is 11.9 Å². The molecule has 0 aliphatic carbocycles. The van der Waals surface area contributed by atoms with Crippen molar-refractivity contribution in [3.8, 4) is 11.4 Å². The molecule has 1 atom stereocenters. The summed E-state index contributed by atoms with van der Waals surface area (Å²) in [5, 5.41) is 0. The molecule has 7 rings (SSSR count). The lowest BCUT2D eigenvalue weighted by Gasteiger charge is -2.24. The minimum absolute atomic E-state index is 0.0196. The Morgan fingerprint density at radius 3 is 2.46 bits per heavy atom. The van der Waals surface area contributed by atoms with Gasteiger partial charge in [0.15, 0.2) is 11.4 Å². The number of carbonyl (C=O) groups excluding carboxylic acids is 4. The Morgan fingerprint density at radius 2 is 1.73 bits per heavy atom. The monoisotopic (exact) mass is 720 g/mol. The molecule has 3 aliphatic heterocycles. The van der Waals surface area contributed by atoms with Crippen molar-refractivity contribution in [1.29, 1.82) is 0 Å². The third-order valence-electron chi connectivity index (χ3n) is 8.21. The van der Waals surface area contributed by atoms with Crippen LogP contribution in [0.1, 0.15) is 99.7 Å². The van der Waals surface area contributed by atoms with Crippen molar-refractivity contribution >= 4 is 39.7 Å². The molecular formula is C34H34BrFN6O6. The number of hydrogen-bond acceptors (Lipinski definition) is 8. The van der Waals surface area contributed by atoms with Gasteiger partial charge < -0.3 is 19.3 Å². The van der Waals surface area contributed by atoms with Gasteiger partial charge in [0.05, 0.1) is 53.1 Å². The van der Waals surface area contributed by atoms with E-state index in [-0.39, 0.29) is 48.0 Å². The molecule has 0 saturated carbocycles. The largest absolute Gasteiger partial charge is 0.461 e. The van der Waals surface area contributed by atoms with Gasteiger partial charge in [-0.05, 0) is 86.8 Å². The number of esters is 2. The predicted molar refractivity (Wildman–Crippen MR) is 175 cm³/mol. The highest BCUT2D eigenvalue weighted by atomic mass is 79.9. The summed E-state index contributed by atoms with van der Waals surface area (Å²) < 4.78 is 28.2. The first-order chi connectivity index (χ1) is 22.8. The Hall–Kier alpha value is -4.85. The summed E-state index contributed by atoms with van der Waals surface area (Å²) in [6, 6.07) is 9.40. The Bertz CT molecular complexity index is 1960. The fourth-order valence-electron chi connectivity index (χ4n) is 6.21. The Morgan fingerprint density at radius 1 is 1.00 bits per heavy atom. The zero-order valence-electron chi connectivity index (χ0n) is 27.1. The van der Waals surface area contributed by atoms with E-state index in [0.717, 1.165) is 28.7 Å². The van der Waals surface area contributed by atoms with E-state index in [2.05, 4.69) is 25.9 Å². The number of imidazole rings is 2. The van der Waals surface area contributed by atoms with Gasteiger partial charge in [-0.2, -0.15) is 0 Å². The molecule has 3 aliphatic rings. The average molecular weight is 722 g/mol. The predicted octanol–water partition coefficient (Wildman–Crippen LogP) is 5.65. The molecule has 12 nitrogen and oxygen atoms in total. The summed E-state index contributed by atoms with van der Waals surface area (Å²) in [6.07, 6.45) is 4.77. The smallest absolute Gasteiger partial charge is 0.359 e. The zero-order chi connectivity index (χ0) is 34.5. The molecule has 0 radical (unpaired) electrons. The molecule has 48 heavy (non-hydrogen) atoms. The maximum Gasteiger partial charge on any atom is 0.359 e. The summed E-state index contributed by atoms with van der Waals surface area (Å²) in [5.74, 6) is -1.82. The van der Waals surface area contributed by atoms with Crippen LogP contribution in [0.5, 0.6) is 0 Å². The van der Waals surface area contributed by atoms with Crippen LogP contribution in [-0.2, 0) is 16.0 Å². The first kappa shape index (κ1) is 33.1. The van der Waals surface area contributed by atoms with E-state index < -0.39 is 23.4 Å². The number of amides is 2. The molecule has 0 N–H and O–H groups in total. The number of carbonyl (C=O) groups is 4. The second kappa shape index (κ2) is 12.6. The van der Waals surface area contributed by atoms with Gasteiger partial charge in [0.2, 0.25) is 0 Å². The minimum Gasteiger partial charge on any atom is -0.461 e. The van der Waals surface area contributed by atoms with Gasteiger partial charge in [0.1, 0.15) is 24.1 Å². The Kier molecular flexibility index (Phi) is 8.71. The number of benzene rings is 2. The number of nitrogens with zero attached hydrogens (tertiary/aromatic N) is 6. The van der Waals surface area contributed by atoms with Crippen molar-refractivity contribution in [1.82, 2.24) is 28.9 Å². The van der Waals surface area contributed by atoms with Crippen LogP contribution in [0.2, 0.25) is 0 Å². The van der Waals surface area contributed by atoms with Crippen molar-refractivity contribution in [2.45, 2.75) is 58.7 Å². The number of rotatable bonds is 3. The summed E-state index contributed by atoms with van der Waals surface area (Å²) in [6.45, 7) is 8.29. The van der Waals surface area contributed by atoms with Crippen molar-refractivity contribution < 1.29 is 33.0 Å². The van der Waals surface area contributed by atoms with Gasteiger partial charge in [-0.15, -0.1) is 0 Å². The molecule has 1 fully saturated rings. The molecule has 0 bridgehead atoms. The van der Waals surface area contributed by atoms with Crippen LogP contribution < -0.4 is 0 Å². The van der Waals surface area contributed by atoms with E-state index >= 15 is 0 Å². The van der Waals surface area contributed by atoms with E-state index in [1.54, 1.807) is 24.9 Å². The van der Waals surface area contributed by atoms with Gasteiger partial charge in [0.25, 0.3) is 11.8 Å². The molecule has 2 aromatic carbocycles. The molecule has 14 heteroatoms. The number of fused-ring (bicyclic) bond motifs is 8. The highest BCUT2D eigenvalue weighted by Crippen LogP contribution is 2.41. The van der Waals surface area contributed by atoms with Crippen LogP contribution in [0.4, 0.5) is 4.39 Å². The fraction of sp³-hybridized carbons (Fsp3) is 0.353. The highest BCUT2D eigenvalue weighted by Gasteiger charge is 2.41. The van der Waals surface area contributed by atoms with Crippen molar-refractivity contribution in [2.75, 3.05) is 20.2 Å². The standard InChI is InChI=1S/C19H20BrN3O3.C15H14FN3O3/c1-19(2,3)26-18(25)15-16-13-8-5-9-22(13)17(24)14-11(20)6-4-7-12(14)23(16)10-21-15;1-3-22-15(21)13-12-7-18(2)14(20)10-6-9(16)4-5-11(10)19(12)8-17-13/h4,6-7,10,13H,5,8-9H2,1-3H3;4-6,8H,3,7H2,1-2H3/t13-;/m0./s1. The van der Waals surface area contributed by atoms with E-state index in [4.69, 9.17) is 9.47 Å². The maximum absolute atomic E-state index is 13.5. The van der Waals surface area contributed by atoms with Crippen LogP contribution in [0.3, 0.4) is 0 Å². The van der Waals surface area contributed by atoms with Gasteiger partial charge in [-0.3, -0.25) is 18.7 Å². The van der Waals surface area contributed by atoms with Crippen LogP contribution in [-0.4, -0.2) is 78.5 Å². The quantitative estimate of drug-likeness (QED) is 0.248. The van der Waals surface area contributed by atoms with Gasteiger partial charge in [0, 0.05) is 18.1 Å². The molecule has 1 saturated heterocycles. The van der Waals surface area contributed by atoms with Crippen LogP contribution in [0.25, 0.3) is 11.4 Å². The molecular weight excluding hydrogens is 687 g/mol. The SMILES string of the molecule is CC(C)(C)OC(=O)c1ncn2c1[C@@H]1CCCN1C(=O)c1c(Br)cccc1-2.CCOC(=O)c1ncn2c1CN(C)C(=O)c1cc(F)ccc1-2. The molecule has 2 amide bonds. The minimum atomic E-state index is -0.607. The van der Waals surface area contributed by atoms with E-state index in [9.17, 15) is 23.6 Å². The summed E-state index contributed by atoms with van der Waals surface area (Å²) in [5.41, 5.74) is 3.19. The zero-order valence-corrected chi connectivity index (χ0v) is 28.7. The molecule has 4 aromatic rings. The van der Waals surface area contributed by atoms with Crippen LogP contribution in [0.15, 0.2) is 53.5 Å². The maximum atomic E-state index is 13.5. The molecule has 250 valence electrons. The average Bonchev–Trinajstić information content (AvgIpc) is 3.76. The number of halogens is 2. The first-order valence-corrected chi connectivity index (χ1v) is 16.3. The van der Waals surface area contributed by atoms with E-state index in [1.807, 2.05) is 48.4 Å². The molecule has 0 spiro atoms.